The molecule has 0 bridgehead atoms. The minimum Gasteiger partial charge on any atom is -0.457 e. The molecule has 20 heavy (non-hydrogen) atoms. The van der Waals surface area contributed by atoms with Gasteiger partial charge in [0, 0.05) is 8.95 Å². The maximum atomic E-state index is 9.17. The largest absolute Gasteiger partial charge is 0.457 e. The fraction of sp³-hybridized carbons (Fsp3) is 0.250. The molecule has 2 nitrogen and oxygen atoms in total. The molecule has 0 atom stereocenters. The Balaban J connectivity index is 2.32. The van der Waals surface area contributed by atoms with Crippen LogP contribution in [0.2, 0.25) is 0 Å². The Bertz CT molecular complexity index is 609. The van der Waals surface area contributed by atoms with Crippen molar-refractivity contribution in [3.63, 3.8) is 0 Å². The Morgan fingerprint density at radius 1 is 1.10 bits per heavy atom. The maximum Gasteiger partial charge on any atom is 0.130 e. The van der Waals surface area contributed by atoms with E-state index < -0.39 is 0 Å². The highest BCUT2D eigenvalue weighted by molar-refractivity contribution is 9.10. The lowest BCUT2D eigenvalue weighted by Crippen LogP contribution is -1.95. The van der Waals surface area contributed by atoms with E-state index in [9.17, 15) is 5.11 Å². The van der Waals surface area contributed by atoms with Crippen molar-refractivity contribution in [2.24, 2.45) is 0 Å². The summed E-state index contributed by atoms with van der Waals surface area (Å²) in [7, 11) is 0. The summed E-state index contributed by atoms with van der Waals surface area (Å²) in [6.45, 7) is 4.29. The lowest BCUT2D eigenvalue weighted by Gasteiger charge is -2.15. The molecule has 0 saturated heterocycles. The summed E-state index contributed by atoms with van der Waals surface area (Å²) in [5.41, 5.74) is 2.00. The zero-order chi connectivity index (χ0) is 14.7. The van der Waals surface area contributed by atoms with E-state index in [-0.39, 0.29) is 6.61 Å². The molecule has 0 radical (unpaired) electrons. The van der Waals surface area contributed by atoms with Crippen LogP contribution in [0.1, 0.15) is 30.9 Å². The van der Waals surface area contributed by atoms with Crippen LogP contribution >= 0.6 is 31.9 Å². The topological polar surface area (TPSA) is 29.5 Å². The van der Waals surface area contributed by atoms with Gasteiger partial charge < -0.3 is 9.84 Å². The average molecular weight is 400 g/mol. The number of hydrogen-bond acceptors (Lipinski definition) is 2. The standard InChI is InChI=1S/C16H16Br2O2/c1-10(2)14-7-12(17)4-6-16(14)20-13-5-3-11(9-19)15(18)8-13/h3-8,10,19H,9H2,1-2H3. The van der Waals surface area contributed by atoms with Gasteiger partial charge in [-0.05, 0) is 47.4 Å². The van der Waals surface area contributed by atoms with Crippen molar-refractivity contribution in [2.45, 2.75) is 26.4 Å². The summed E-state index contributed by atoms with van der Waals surface area (Å²) >= 11 is 6.92. The van der Waals surface area contributed by atoms with Gasteiger partial charge in [0.15, 0.2) is 0 Å². The van der Waals surface area contributed by atoms with E-state index in [0.717, 1.165) is 31.6 Å². The summed E-state index contributed by atoms with van der Waals surface area (Å²) < 4.78 is 7.87. The highest BCUT2D eigenvalue weighted by atomic mass is 79.9. The van der Waals surface area contributed by atoms with E-state index in [1.807, 2.05) is 30.3 Å². The molecule has 0 unspecified atom stereocenters. The summed E-state index contributed by atoms with van der Waals surface area (Å²) in [5, 5.41) is 9.17. The third-order valence-electron chi connectivity index (χ3n) is 3.02. The Morgan fingerprint density at radius 3 is 2.45 bits per heavy atom. The summed E-state index contributed by atoms with van der Waals surface area (Å²) in [6, 6.07) is 11.6. The summed E-state index contributed by atoms with van der Waals surface area (Å²) in [4.78, 5) is 0. The molecule has 2 aromatic carbocycles. The van der Waals surface area contributed by atoms with Crippen LogP contribution in [0.3, 0.4) is 0 Å². The van der Waals surface area contributed by atoms with Gasteiger partial charge in [0.2, 0.25) is 0 Å². The fourth-order valence-corrected chi connectivity index (χ4v) is 2.77. The van der Waals surface area contributed by atoms with Crippen LogP contribution in [-0.4, -0.2) is 5.11 Å². The zero-order valence-electron chi connectivity index (χ0n) is 11.4. The lowest BCUT2D eigenvalue weighted by atomic mass is 10.0. The molecule has 2 rings (SSSR count). The number of halogens is 2. The molecule has 0 aliphatic rings. The minimum absolute atomic E-state index is 0.0103. The van der Waals surface area contributed by atoms with E-state index >= 15 is 0 Å². The Morgan fingerprint density at radius 2 is 1.85 bits per heavy atom. The highest BCUT2D eigenvalue weighted by Gasteiger charge is 2.10. The number of aliphatic hydroxyl groups is 1. The Kier molecular flexibility index (Phi) is 5.24. The van der Waals surface area contributed by atoms with E-state index in [0.29, 0.717) is 5.92 Å². The van der Waals surface area contributed by atoms with Crippen LogP contribution in [0, 0.1) is 0 Å². The molecular weight excluding hydrogens is 384 g/mol. The molecule has 4 heteroatoms. The number of ether oxygens (including phenoxy) is 1. The number of hydrogen-bond donors (Lipinski definition) is 1. The molecule has 0 aliphatic carbocycles. The van der Waals surface area contributed by atoms with Crippen molar-refractivity contribution < 1.29 is 9.84 Å². The second-order valence-corrected chi connectivity index (χ2v) is 6.62. The van der Waals surface area contributed by atoms with Gasteiger partial charge in [-0.15, -0.1) is 0 Å². The van der Waals surface area contributed by atoms with Crippen LogP contribution in [0.5, 0.6) is 11.5 Å². The number of aliphatic hydroxyl groups excluding tert-OH is 1. The van der Waals surface area contributed by atoms with Crippen LogP contribution in [0.25, 0.3) is 0 Å². The van der Waals surface area contributed by atoms with Gasteiger partial charge in [0.25, 0.3) is 0 Å². The quantitative estimate of drug-likeness (QED) is 0.722. The highest BCUT2D eigenvalue weighted by Crippen LogP contribution is 2.34. The molecule has 106 valence electrons. The van der Waals surface area contributed by atoms with Crippen molar-refractivity contribution in [2.75, 3.05) is 0 Å². The predicted octanol–water partition coefficient (Wildman–Crippen LogP) is 5.62. The first kappa shape index (κ1) is 15.5. The zero-order valence-corrected chi connectivity index (χ0v) is 14.5. The normalized spacial score (nSPS) is 10.9. The van der Waals surface area contributed by atoms with Crippen molar-refractivity contribution in [3.05, 3.63) is 56.5 Å². The van der Waals surface area contributed by atoms with Crippen LogP contribution in [0.4, 0.5) is 0 Å². The number of rotatable bonds is 4. The van der Waals surface area contributed by atoms with Crippen molar-refractivity contribution in [1.82, 2.24) is 0 Å². The van der Waals surface area contributed by atoms with E-state index in [1.54, 1.807) is 0 Å². The van der Waals surface area contributed by atoms with Gasteiger partial charge in [0.1, 0.15) is 11.5 Å². The molecule has 0 aliphatic heterocycles. The van der Waals surface area contributed by atoms with Crippen LogP contribution in [-0.2, 0) is 6.61 Å². The molecule has 0 heterocycles. The smallest absolute Gasteiger partial charge is 0.130 e. The van der Waals surface area contributed by atoms with Gasteiger partial charge >= 0.3 is 0 Å². The average Bonchev–Trinajstić information content (AvgIpc) is 2.41. The second-order valence-electron chi connectivity index (χ2n) is 4.85. The molecule has 0 saturated carbocycles. The van der Waals surface area contributed by atoms with Crippen molar-refractivity contribution in [1.29, 1.82) is 0 Å². The molecule has 0 aromatic heterocycles. The van der Waals surface area contributed by atoms with E-state index in [2.05, 4.69) is 51.8 Å². The van der Waals surface area contributed by atoms with Gasteiger partial charge in [-0.2, -0.15) is 0 Å². The van der Waals surface area contributed by atoms with E-state index in [1.165, 1.54) is 0 Å². The molecule has 0 amide bonds. The first-order valence-corrected chi connectivity index (χ1v) is 7.96. The van der Waals surface area contributed by atoms with E-state index in [4.69, 9.17) is 4.74 Å². The predicted molar refractivity (Wildman–Crippen MR) is 88.4 cm³/mol. The van der Waals surface area contributed by atoms with Crippen LogP contribution < -0.4 is 4.74 Å². The Labute approximate surface area is 136 Å². The SMILES string of the molecule is CC(C)c1cc(Br)ccc1Oc1ccc(CO)c(Br)c1. The third kappa shape index (κ3) is 3.62. The van der Waals surface area contributed by atoms with Crippen molar-refractivity contribution in [3.8, 4) is 11.5 Å². The number of benzene rings is 2. The van der Waals surface area contributed by atoms with Crippen molar-refractivity contribution >= 4 is 31.9 Å². The minimum atomic E-state index is 0.0103. The maximum absolute atomic E-state index is 9.17. The van der Waals surface area contributed by atoms with Gasteiger partial charge in [-0.3, -0.25) is 0 Å². The lowest BCUT2D eigenvalue weighted by molar-refractivity contribution is 0.281. The first-order valence-electron chi connectivity index (χ1n) is 6.38. The molecule has 0 fully saturated rings. The molecular formula is C16H16Br2O2. The first-order chi connectivity index (χ1) is 9.51. The van der Waals surface area contributed by atoms with Gasteiger partial charge in [-0.25, -0.2) is 0 Å². The van der Waals surface area contributed by atoms with Gasteiger partial charge in [-0.1, -0.05) is 51.8 Å². The summed E-state index contributed by atoms with van der Waals surface area (Å²) in [6.07, 6.45) is 0. The third-order valence-corrected chi connectivity index (χ3v) is 4.25. The summed E-state index contributed by atoms with van der Waals surface area (Å²) in [5.74, 6) is 1.98. The van der Waals surface area contributed by atoms with Gasteiger partial charge in [0.05, 0.1) is 6.61 Å². The monoisotopic (exact) mass is 398 g/mol. The Hall–Kier alpha value is -0.840. The molecule has 2 aromatic rings. The molecule has 1 N–H and O–H groups in total. The fourth-order valence-electron chi connectivity index (χ4n) is 1.91. The van der Waals surface area contributed by atoms with Crippen LogP contribution in [0.15, 0.2) is 45.3 Å². The molecule has 0 spiro atoms. The second kappa shape index (κ2) is 6.74.